The summed E-state index contributed by atoms with van der Waals surface area (Å²) in [6.45, 7) is 6.67. The first kappa shape index (κ1) is 17.8. The maximum atomic E-state index is 10.3. The number of aryl methyl sites for hydroxylation is 3. The van der Waals surface area contributed by atoms with Gasteiger partial charge in [0, 0.05) is 11.7 Å². The van der Waals surface area contributed by atoms with Crippen LogP contribution in [0.3, 0.4) is 0 Å². The largest absolute Gasteiger partial charge is 0.506 e. The molecule has 0 amide bonds. The van der Waals surface area contributed by atoms with Crippen molar-refractivity contribution in [3.8, 4) is 5.75 Å². The molecule has 0 unspecified atom stereocenters. The fourth-order valence-corrected chi connectivity index (χ4v) is 4.14. The van der Waals surface area contributed by atoms with Gasteiger partial charge >= 0.3 is 0 Å². The molecule has 0 bridgehead atoms. The lowest BCUT2D eigenvalue weighted by Gasteiger charge is -2.23. The number of hydrogen-bond donors (Lipinski definition) is 2. The molecule has 2 heterocycles. The van der Waals surface area contributed by atoms with Gasteiger partial charge in [-0.2, -0.15) is 0 Å². The van der Waals surface area contributed by atoms with Crippen molar-refractivity contribution in [2.45, 2.75) is 65.5 Å². The van der Waals surface area contributed by atoms with Crippen molar-refractivity contribution in [1.82, 2.24) is 14.5 Å². The molecule has 1 aromatic carbocycles. The normalized spacial score (nSPS) is 15.4. The van der Waals surface area contributed by atoms with Gasteiger partial charge in [0.25, 0.3) is 0 Å². The van der Waals surface area contributed by atoms with Crippen molar-refractivity contribution in [2.75, 3.05) is 5.32 Å². The minimum Gasteiger partial charge on any atom is -0.506 e. The molecule has 5 nitrogen and oxygen atoms in total. The summed E-state index contributed by atoms with van der Waals surface area (Å²) in [6, 6.07) is 8.37. The van der Waals surface area contributed by atoms with Gasteiger partial charge in [-0.25, -0.2) is 4.98 Å². The third-order valence-electron chi connectivity index (χ3n) is 5.52. The van der Waals surface area contributed by atoms with Gasteiger partial charge in [0.2, 0.25) is 5.95 Å². The van der Waals surface area contributed by atoms with Crippen LogP contribution in [-0.4, -0.2) is 25.7 Å². The Morgan fingerprint density at radius 1 is 1.07 bits per heavy atom. The molecule has 2 N–H and O–H groups in total. The molecule has 5 heteroatoms. The van der Waals surface area contributed by atoms with E-state index < -0.39 is 0 Å². The minimum atomic E-state index is 0.232. The van der Waals surface area contributed by atoms with Gasteiger partial charge in [-0.05, 0) is 62.9 Å². The van der Waals surface area contributed by atoms with Crippen LogP contribution in [0.5, 0.6) is 5.75 Å². The van der Waals surface area contributed by atoms with Gasteiger partial charge in [-0.1, -0.05) is 25.3 Å². The number of anilines is 1. The Morgan fingerprint density at radius 2 is 1.85 bits per heavy atom. The van der Waals surface area contributed by atoms with Gasteiger partial charge in [-0.3, -0.25) is 4.98 Å². The molecule has 1 fully saturated rings. The Balaban J connectivity index is 1.79. The van der Waals surface area contributed by atoms with Crippen molar-refractivity contribution in [3.63, 3.8) is 0 Å². The zero-order valence-electron chi connectivity index (χ0n) is 16.4. The number of imidazole rings is 1. The maximum absolute atomic E-state index is 10.3. The highest BCUT2D eigenvalue weighted by molar-refractivity contribution is 5.83. The van der Waals surface area contributed by atoms with E-state index in [1.54, 1.807) is 6.07 Å². The Hall–Kier alpha value is -2.56. The second-order valence-electron chi connectivity index (χ2n) is 7.87. The van der Waals surface area contributed by atoms with Crippen molar-refractivity contribution in [2.24, 2.45) is 0 Å². The number of benzene rings is 1. The molecule has 2 aromatic heterocycles. The van der Waals surface area contributed by atoms with Gasteiger partial charge in [-0.15, -0.1) is 0 Å². The molecule has 3 aromatic rings. The van der Waals surface area contributed by atoms with E-state index in [0.717, 1.165) is 22.7 Å². The first-order valence-electron chi connectivity index (χ1n) is 9.91. The predicted molar refractivity (Wildman–Crippen MR) is 109 cm³/mol. The Morgan fingerprint density at radius 3 is 2.63 bits per heavy atom. The fraction of sp³-hybridized carbons (Fsp3) is 0.455. The number of fused-ring (bicyclic) bond motifs is 1. The quantitative estimate of drug-likeness (QED) is 0.694. The third kappa shape index (κ3) is 3.64. The molecule has 27 heavy (non-hydrogen) atoms. The van der Waals surface area contributed by atoms with E-state index in [1.807, 2.05) is 13.0 Å². The second-order valence-corrected chi connectivity index (χ2v) is 7.87. The lowest BCUT2D eigenvalue weighted by atomic mass is 9.96. The highest BCUT2D eigenvalue weighted by Gasteiger charge is 2.20. The second kappa shape index (κ2) is 7.22. The van der Waals surface area contributed by atoms with Crippen LogP contribution in [0.25, 0.3) is 11.0 Å². The molecule has 0 aliphatic heterocycles. The first-order valence-corrected chi connectivity index (χ1v) is 9.91. The van der Waals surface area contributed by atoms with E-state index in [9.17, 15) is 5.11 Å². The van der Waals surface area contributed by atoms with Crippen molar-refractivity contribution in [1.29, 1.82) is 0 Å². The minimum absolute atomic E-state index is 0.232. The molecule has 1 saturated carbocycles. The molecule has 142 valence electrons. The SMILES string of the molecule is Cc1cc(C)c2nc(NC3CCCCC3)n(Cc3nc(C)ccc3O)c2c1. The van der Waals surface area contributed by atoms with Crippen LogP contribution in [0.2, 0.25) is 0 Å². The molecule has 0 saturated heterocycles. The molecule has 1 aliphatic carbocycles. The van der Waals surface area contributed by atoms with Crippen LogP contribution in [0.15, 0.2) is 24.3 Å². The highest BCUT2D eigenvalue weighted by atomic mass is 16.3. The van der Waals surface area contributed by atoms with Crippen LogP contribution >= 0.6 is 0 Å². The fourth-order valence-electron chi connectivity index (χ4n) is 4.14. The van der Waals surface area contributed by atoms with E-state index in [-0.39, 0.29) is 5.75 Å². The molecular formula is C22H28N4O. The highest BCUT2D eigenvalue weighted by Crippen LogP contribution is 2.29. The van der Waals surface area contributed by atoms with Gasteiger partial charge in [0.1, 0.15) is 11.4 Å². The molecular weight excluding hydrogens is 336 g/mol. The molecule has 0 spiro atoms. The number of pyridine rings is 1. The Kier molecular flexibility index (Phi) is 4.77. The van der Waals surface area contributed by atoms with Crippen LogP contribution in [0.1, 0.15) is 54.6 Å². The first-order chi connectivity index (χ1) is 13.0. The summed E-state index contributed by atoms with van der Waals surface area (Å²) in [5, 5.41) is 14.0. The van der Waals surface area contributed by atoms with Gasteiger partial charge in [0.05, 0.1) is 17.6 Å². The summed E-state index contributed by atoms with van der Waals surface area (Å²) in [4.78, 5) is 9.50. The monoisotopic (exact) mass is 364 g/mol. The zero-order chi connectivity index (χ0) is 19.0. The third-order valence-corrected chi connectivity index (χ3v) is 5.52. The predicted octanol–water partition coefficient (Wildman–Crippen LogP) is 4.86. The standard InChI is InChI=1S/C22H28N4O/c1-14-11-15(2)21-19(12-14)26(13-18-20(27)10-9-16(3)23-18)22(25-21)24-17-7-5-4-6-8-17/h9-12,17,27H,4-8,13H2,1-3H3,(H,24,25). The van der Waals surface area contributed by atoms with Crippen LogP contribution in [0.4, 0.5) is 5.95 Å². The lowest BCUT2D eigenvalue weighted by Crippen LogP contribution is -2.24. The summed E-state index contributed by atoms with van der Waals surface area (Å²) in [7, 11) is 0. The average Bonchev–Trinajstić information content (AvgIpc) is 2.97. The Bertz CT molecular complexity index is 970. The summed E-state index contributed by atoms with van der Waals surface area (Å²) in [5.41, 5.74) is 6.09. The summed E-state index contributed by atoms with van der Waals surface area (Å²) in [5.74, 6) is 1.11. The van der Waals surface area contributed by atoms with Crippen molar-refractivity contribution < 1.29 is 5.11 Å². The molecule has 1 aliphatic rings. The topological polar surface area (TPSA) is 63.0 Å². The van der Waals surface area contributed by atoms with E-state index in [1.165, 1.54) is 43.2 Å². The molecule has 0 atom stereocenters. The number of aromatic hydroxyl groups is 1. The van der Waals surface area contributed by atoms with E-state index in [0.29, 0.717) is 18.3 Å². The van der Waals surface area contributed by atoms with Gasteiger partial charge < -0.3 is 15.0 Å². The van der Waals surface area contributed by atoms with E-state index in [4.69, 9.17) is 4.98 Å². The smallest absolute Gasteiger partial charge is 0.204 e. The Labute approximate surface area is 160 Å². The summed E-state index contributed by atoms with van der Waals surface area (Å²) < 4.78 is 2.17. The molecule has 0 radical (unpaired) electrons. The van der Waals surface area contributed by atoms with Crippen molar-refractivity contribution in [3.05, 3.63) is 46.8 Å². The molecule has 4 rings (SSSR count). The van der Waals surface area contributed by atoms with E-state index in [2.05, 4.69) is 40.8 Å². The van der Waals surface area contributed by atoms with Gasteiger partial charge in [0.15, 0.2) is 0 Å². The van der Waals surface area contributed by atoms with Crippen LogP contribution < -0.4 is 5.32 Å². The zero-order valence-corrected chi connectivity index (χ0v) is 16.4. The number of nitrogens with one attached hydrogen (secondary N) is 1. The average molecular weight is 364 g/mol. The van der Waals surface area contributed by atoms with Crippen molar-refractivity contribution >= 4 is 17.0 Å². The summed E-state index contributed by atoms with van der Waals surface area (Å²) >= 11 is 0. The number of aromatic nitrogens is 3. The lowest BCUT2D eigenvalue weighted by molar-refractivity contribution is 0.456. The number of hydrogen-bond acceptors (Lipinski definition) is 4. The summed E-state index contributed by atoms with van der Waals surface area (Å²) in [6.07, 6.45) is 6.25. The number of nitrogens with zero attached hydrogens (tertiary/aromatic N) is 3. The van der Waals surface area contributed by atoms with Crippen LogP contribution in [-0.2, 0) is 6.54 Å². The van der Waals surface area contributed by atoms with Crippen LogP contribution in [0, 0.1) is 20.8 Å². The number of rotatable bonds is 4. The maximum Gasteiger partial charge on any atom is 0.204 e. The van der Waals surface area contributed by atoms with E-state index >= 15 is 0 Å².